The maximum absolute atomic E-state index is 13.6. The SMILES string of the molecule is COC(=O)c1cc2n(n1)C[C@](C)(C(=O)NC1CCCCC1)N(CCc1ccc(SC)cc1)C2=O. The van der Waals surface area contributed by atoms with Gasteiger partial charge < -0.3 is 15.0 Å². The molecule has 4 rings (SSSR count). The molecule has 2 aliphatic rings. The Balaban J connectivity index is 1.61. The first-order valence-corrected chi connectivity index (χ1v) is 13.0. The summed E-state index contributed by atoms with van der Waals surface area (Å²) < 4.78 is 6.25. The number of nitrogens with one attached hydrogen (secondary N) is 1. The standard InChI is InChI=1S/C25H32N4O4S/c1-25(24(32)26-18-7-5-4-6-8-18)16-29-21(15-20(27-29)23(31)33-2)22(30)28(25)14-13-17-9-11-19(34-3)12-10-17/h9-12,15,18H,4-8,13-14,16H2,1-3H3,(H,26,32)/t25-/m1/s1. The van der Waals surface area contributed by atoms with Gasteiger partial charge in [-0.2, -0.15) is 5.10 Å². The minimum absolute atomic E-state index is 0.0652. The summed E-state index contributed by atoms with van der Waals surface area (Å²) in [5.74, 6) is -1.09. The number of benzene rings is 1. The Hall–Kier alpha value is -2.81. The quantitative estimate of drug-likeness (QED) is 0.479. The fraction of sp³-hybridized carbons (Fsp3) is 0.520. The minimum atomic E-state index is -1.12. The Morgan fingerprint density at radius 3 is 2.56 bits per heavy atom. The molecule has 0 spiro atoms. The molecule has 2 heterocycles. The first-order valence-electron chi connectivity index (χ1n) is 11.8. The van der Waals surface area contributed by atoms with Crippen LogP contribution in [0.15, 0.2) is 35.2 Å². The van der Waals surface area contributed by atoms with Crippen LogP contribution in [-0.4, -0.2) is 64.0 Å². The van der Waals surface area contributed by atoms with Gasteiger partial charge in [-0.3, -0.25) is 14.3 Å². The number of rotatable bonds is 7. The van der Waals surface area contributed by atoms with Crippen molar-refractivity contribution >= 4 is 29.5 Å². The van der Waals surface area contributed by atoms with Gasteiger partial charge in [0, 0.05) is 23.5 Å². The number of methoxy groups -OCH3 is 1. The van der Waals surface area contributed by atoms with Gasteiger partial charge >= 0.3 is 5.97 Å². The molecule has 0 radical (unpaired) electrons. The second-order valence-corrected chi connectivity index (χ2v) is 10.1. The predicted molar refractivity (Wildman–Crippen MR) is 130 cm³/mol. The highest BCUT2D eigenvalue weighted by Crippen LogP contribution is 2.29. The highest BCUT2D eigenvalue weighted by molar-refractivity contribution is 7.98. The summed E-state index contributed by atoms with van der Waals surface area (Å²) >= 11 is 1.68. The number of amides is 2. The van der Waals surface area contributed by atoms with Gasteiger partial charge in [-0.05, 0) is 50.1 Å². The van der Waals surface area contributed by atoms with Crippen molar-refractivity contribution < 1.29 is 19.1 Å². The van der Waals surface area contributed by atoms with Gasteiger partial charge in [0.15, 0.2) is 5.69 Å². The van der Waals surface area contributed by atoms with Crippen LogP contribution in [-0.2, 0) is 22.5 Å². The molecule has 1 saturated carbocycles. The van der Waals surface area contributed by atoms with Crippen molar-refractivity contribution in [2.45, 2.75) is 68.5 Å². The normalized spacial score (nSPS) is 20.7. The highest BCUT2D eigenvalue weighted by atomic mass is 32.2. The van der Waals surface area contributed by atoms with Gasteiger partial charge in [0.25, 0.3) is 5.91 Å². The van der Waals surface area contributed by atoms with Gasteiger partial charge in [-0.15, -0.1) is 11.8 Å². The number of fused-ring (bicyclic) bond motifs is 1. The third-order valence-electron chi connectivity index (χ3n) is 6.90. The molecule has 1 N–H and O–H groups in total. The van der Waals surface area contributed by atoms with Crippen molar-refractivity contribution in [3.63, 3.8) is 0 Å². The second-order valence-electron chi connectivity index (χ2n) is 9.20. The lowest BCUT2D eigenvalue weighted by Crippen LogP contribution is -2.65. The van der Waals surface area contributed by atoms with E-state index in [1.807, 2.05) is 6.26 Å². The Morgan fingerprint density at radius 2 is 1.91 bits per heavy atom. The molecule has 182 valence electrons. The Morgan fingerprint density at radius 1 is 1.21 bits per heavy atom. The van der Waals surface area contributed by atoms with Gasteiger partial charge in [-0.25, -0.2) is 4.79 Å². The molecule has 8 nitrogen and oxygen atoms in total. The summed E-state index contributed by atoms with van der Waals surface area (Å²) in [6.07, 6.45) is 7.95. The van der Waals surface area contributed by atoms with Crippen LogP contribution in [0.1, 0.15) is 65.6 Å². The van der Waals surface area contributed by atoms with Gasteiger partial charge in [0.05, 0.1) is 13.7 Å². The lowest BCUT2D eigenvalue weighted by Gasteiger charge is -2.44. The van der Waals surface area contributed by atoms with Crippen LogP contribution in [0, 0.1) is 0 Å². The molecule has 2 amide bonds. The van der Waals surface area contributed by atoms with E-state index in [1.165, 1.54) is 29.2 Å². The van der Waals surface area contributed by atoms with Gasteiger partial charge in [0.1, 0.15) is 11.2 Å². The van der Waals surface area contributed by atoms with Crippen LogP contribution in [0.25, 0.3) is 0 Å². The van der Waals surface area contributed by atoms with E-state index in [1.54, 1.807) is 23.6 Å². The number of aromatic nitrogens is 2. The first kappa shape index (κ1) is 24.3. The molecular weight excluding hydrogens is 452 g/mol. The van der Waals surface area contributed by atoms with E-state index in [0.717, 1.165) is 31.2 Å². The number of carbonyl (C=O) groups excluding carboxylic acids is 3. The summed E-state index contributed by atoms with van der Waals surface area (Å²) in [5.41, 5.74) is 0.326. The maximum atomic E-state index is 13.6. The van der Waals surface area contributed by atoms with Gasteiger partial charge in [0.2, 0.25) is 5.91 Å². The maximum Gasteiger partial charge on any atom is 0.358 e. The molecule has 1 fully saturated rings. The van der Waals surface area contributed by atoms with Crippen molar-refractivity contribution in [1.82, 2.24) is 20.0 Å². The van der Waals surface area contributed by atoms with E-state index in [9.17, 15) is 14.4 Å². The van der Waals surface area contributed by atoms with Crippen molar-refractivity contribution in [3.05, 3.63) is 47.3 Å². The number of hydrogen-bond acceptors (Lipinski definition) is 6. The van der Waals surface area contributed by atoms with Gasteiger partial charge in [-0.1, -0.05) is 31.4 Å². The average molecular weight is 485 g/mol. The zero-order valence-electron chi connectivity index (χ0n) is 20.0. The summed E-state index contributed by atoms with van der Waals surface area (Å²) in [6.45, 7) is 2.35. The van der Waals surface area contributed by atoms with E-state index in [-0.39, 0.29) is 30.1 Å². The monoisotopic (exact) mass is 484 g/mol. The van der Waals surface area contributed by atoms with E-state index in [2.05, 4.69) is 34.7 Å². The summed E-state index contributed by atoms with van der Waals surface area (Å²) in [7, 11) is 1.28. The molecule has 0 unspecified atom stereocenters. The molecular formula is C25H32N4O4S. The van der Waals surface area contributed by atoms with Crippen LogP contribution < -0.4 is 5.32 Å². The van der Waals surface area contributed by atoms with Crippen LogP contribution >= 0.6 is 11.8 Å². The molecule has 2 aromatic rings. The fourth-order valence-electron chi connectivity index (χ4n) is 4.82. The van der Waals surface area contributed by atoms with Crippen molar-refractivity contribution in [2.24, 2.45) is 0 Å². The second kappa shape index (κ2) is 10.2. The zero-order valence-corrected chi connectivity index (χ0v) is 20.8. The lowest BCUT2D eigenvalue weighted by molar-refractivity contribution is -0.134. The van der Waals surface area contributed by atoms with E-state index >= 15 is 0 Å². The molecule has 1 aromatic carbocycles. The lowest BCUT2D eigenvalue weighted by atomic mass is 9.91. The number of nitrogens with zero attached hydrogens (tertiary/aromatic N) is 3. The van der Waals surface area contributed by atoms with Crippen molar-refractivity contribution in [3.8, 4) is 0 Å². The molecule has 9 heteroatoms. The average Bonchev–Trinajstić information content (AvgIpc) is 3.28. The zero-order chi connectivity index (χ0) is 24.3. The van der Waals surface area contributed by atoms with E-state index in [4.69, 9.17) is 4.74 Å². The number of esters is 1. The smallest absolute Gasteiger partial charge is 0.358 e. The number of hydrogen-bond donors (Lipinski definition) is 1. The minimum Gasteiger partial charge on any atom is -0.464 e. The Kier molecular flexibility index (Phi) is 7.30. The van der Waals surface area contributed by atoms with Crippen LogP contribution in [0.5, 0.6) is 0 Å². The molecule has 0 bridgehead atoms. The molecule has 1 aliphatic heterocycles. The van der Waals surface area contributed by atoms with Crippen molar-refractivity contribution in [2.75, 3.05) is 19.9 Å². The summed E-state index contributed by atoms with van der Waals surface area (Å²) in [4.78, 5) is 42.1. The highest BCUT2D eigenvalue weighted by Gasteiger charge is 2.48. The van der Waals surface area contributed by atoms with Crippen molar-refractivity contribution in [1.29, 1.82) is 0 Å². The third-order valence-corrected chi connectivity index (χ3v) is 7.65. The molecule has 1 aliphatic carbocycles. The van der Waals surface area contributed by atoms with E-state index < -0.39 is 11.5 Å². The Bertz CT molecular complexity index is 1060. The Labute approximate surface area is 204 Å². The topological polar surface area (TPSA) is 93.5 Å². The predicted octanol–water partition coefficient (Wildman–Crippen LogP) is 3.30. The van der Waals surface area contributed by atoms with Crippen LogP contribution in [0.2, 0.25) is 0 Å². The fourth-order valence-corrected chi connectivity index (χ4v) is 5.23. The molecule has 1 atom stereocenters. The molecule has 0 saturated heterocycles. The first-order chi connectivity index (χ1) is 16.4. The molecule has 1 aromatic heterocycles. The number of ether oxygens (including phenoxy) is 1. The van der Waals surface area contributed by atoms with E-state index in [0.29, 0.717) is 18.7 Å². The summed E-state index contributed by atoms with van der Waals surface area (Å²) in [6, 6.07) is 9.81. The number of thioether (sulfide) groups is 1. The van der Waals surface area contributed by atoms with Crippen LogP contribution in [0.4, 0.5) is 0 Å². The third kappa shape index (κ3) is 4.85. The summed E-state index contributed by atoms with van der Waals surface area (Å²) in [5, 5.41) is 7.48. The largest absolute Gasteiger partial charge is 0.464 e. The van der Waals surface area contributed by atoms with Crippen LogP contribution in [0.3, 0.4) is 0 Å². The molecule has 34 heavy (non-hydrogen) atoms. The number of carbonyl (C=O) groups is 3.